The van der Waals surface area contributed by atoms with Crippen LogP contribution in [0.2, 0.25) is 0 Å². The van der Waals surface area contributed by atoms with Crippen LogP contribution in [0.1, 0.15) is 21.7 Å². The van der Waals surface area contributed by atoms with Crippen LogP contribution < -0.4 is 14.8 Å². The molecule has 0 saturated heterocycles. The lowest BCUT2D eigenvalue weighted by Gasteiger charge is -2.27. The summed E-state index contributed by atoms with van der Waals surface area (Å²) in [5.41, 5.74) is 1.81. The van der Waals surface area contributed by atoms with Crippen molar-refractivity contribution in [2.24, 2.45) is 0 Å². The molecule has 2 amide bonds. The summed E-state index contributed by atoms with van der Waals surface area (Å²) in [5.74, 6) is -0.0449. The second-order valence-electron chi connectivity index (χ2n) is 5.51. The van der Waals surface area contributed by atoms with Crippen molar-refractivity contribution in [2.45, 2.75) is 13.0 Å². The van der Waals surface area contributed by atoms with Gasteiger partial charge in [0.15, 0.2) is 17.2 Å². The van der Waals surface area contributed by atoms with E-state index in [1.807, 2.05) is 0 Å². The molecular weight excluding hydrogens is 328 g/mol. The van der Waals surface area contributed by atoms with E-state index < -0.39 is 5.97 Å². The predicted octanol–water partition coefficient (Wildman–Crippen LogP) is 1.72. The molecular formula is C16H18N4O5. The number of aromatic carboxylic acids is 1. The maximum atomic E-state index is 12.5. The van der Waals surface area contributed by atoms with Crippen LogP contribution in [0.4, 0.5) is 10.5 Å². The summed E-state index contributed by atoms with van der Waals surface area (Å²) >= 11 is 0. The van der Waals surface area contributed by atoms with E-state index in [0.29, 0.717) is 35.7 Å². The van der Waals surface area contributed by atoms with Crippen molar-refractivity contribution in [1.82, 2.24) is 15.1 Å². The average molecular weight is 346 g/mol. The van der Waals surface area contributed by atoms with Gasteiger partial charge in [0.1, 0.15) is 0 Å². The Morgan fingerprint density at radius 2 is 2.04 bits per heavy atom. The molecule has 9 nitrogen and oxygen atoms in total. The van der Waals surface area contributed by atoms with Crippen LogP contribution in [-0.4, -0.2) is 53.0 Å². The van der Waals surface area contributed by atoms with Gasteiger partial charge in [-0.2, -0.15) is 5.10 Å². The predicted molar refractivity (Wildman–Crippen MR) is 88.2 cm³/mol. The highest BCUT2D eigenvalue weighted by Gasteiger charge is 2.27. The molecule has 1 aliphatic rings. The molecule has 3 rings (SSSR count). The fourth-order valence-corrected chi connectivity index (χ4v) is 2.76. The summed E-state index contributed by atoms with van der Waals surface area (Å²) in [7, 11) is 3.05. The molecule has 0 spiro atoms. The molecule has 2 aromatic rings. The molecule has 0 fully saturated rings. The van der Waals surface area contributed by atoms with Gasteiger partial charge in [0, 0.05) is 36.0 Å². The summed E-state index contributed by atoms with van der Waals surface area (Å²) in [5, 5.41) is 18.5. The molecule has 1 aromatic heterocycles. The number of carbonyl (C=O) groups excluding carboxylic acids is 1. The van der Waals surface area contributed by atoms with Crippen molar-refractivity contribution in [2.75, 3.05) is 26.1 Å². The number of hydrogen-bond acceptors (Lipinski definition) is 5. The number of ether oxygens (including phenoxy) is 2. The molecule has 9 heteroatoms. The topological polar surface area (TPSA) is 117 Å². The molecule has 0 saturated carbocycles. The van der Waals surface area contributed by atoms with Gasteiger partial charge in [-0.15, -0.1) is 0 Å². The summed E-state index contributed by atoms with van der Waals surface area (Å²) in [6, 6.07) is 4.73. The minimum Gasteiger partial charge on any atom is -0.493 e. The molecule has 0 bridgehead atoms. The zero-order chi connectivity index (χ0) is 18.0. The van der Waals surface area contributed by atoms with Crippen LogP contribution in [0, 0.1) is 0 Å². The Morgan fingerprint density at radius 3 is 2.72 bits per heavy atom. The number of carboxylic acid groups (broad SMARTS) is 1. The Kier molecular flexibility index (Phi) is 4.46. The maximum absolute atomic E-state index is 12.5. The standard InChI is InChI=1S/C16H18N4O5/c1-24-12-4-3-9(7-13(12)25-2)17-16(23)20-6-5-11-10(8-20)14(15(21)22)19-18-11/h3-4,7H,5-6,8H2,1-2H3,(H,17,23)(H,18,19)(H,21,22). The van der Waals surface area contributed by atoms with E-state index in [0.717, 1.165) is 5.69 Å². The third-order valence-electron chi connectivity index (χ3n) is 4.06. The molecule has 1 aromatic carbocycles. The highest BCUT2D eigenvalue weighted by atomic mass is 16.5. The molecule has 132 valence electrons. The number of nitrogens with one attached hydrogen (secondary N) is 2. The molecule has 2 heterocycles. The number of methoxy groups -OCH3 is 2. The van der Waals surface area contributed by atoms with E-state index in [1.54, 1.807) is 23.1 Å². The maximum Gasteiger partial charge on any atom is 0.356 e. The number of H-pyrrole nitrogens is 1. The summed E-state index contributed by atoms with van der Waals surface area (Å²) in [6.45, 7) is 0.653. The van der Waals surface area contributed by atoms with Crippen LogP contribution in [0.15, 0.2) is 18.2 Å². The molecule has 0 unspecified atom stereocenters. The van der Waals surface area contributed by atoms with Crippen LogP contribution >= 0.6 is 0 Å². The van der Waals surface area contributed by atoms with Crippen molar-refractivity contribution in [3.8, 4) is 11.5 Å². The number of fused-ring (bicyclic) bond motifs is 1. The van der Waals surface area contributed by atoms with Crippen molar-refractivity contribution < 1.29 is 24.2 Å². The first kappa shape index (κ1) is 16.6. The Balaban J connectivity index is 1.74. The van der Waals surface area contributed by atoms with Crippen molar-refractivity contribution in [3.05, 3.63) is 35.2 Å². The number of aromatic amines is 1. The largest absolute Gasteiger partial charge is 0.493 e. The van der Waals surface area contributed by atoms with Gasteiger partial charge in [-0.25, -0.2) is 9.59 Å². The minimum atomic E-state index is -1.11. The van der Waals surface area contributed by atoms with Gasteiger partial charge in [0.25, 0.3) is 0 Å². The zero-order valence-electron chi connectivity index (χ0n) is 13.8. The number of urea groups is 1. The van der Waals surface area contributed by atoms with Crippen LogP contribution in [0.5, 0.6) is 11.5 Å². The first-order chi connectivity index (χ1) is 12.0. The number of carbonyl (C=O) groups is 2. The van der Waals surface area contributed by atoms with E-state index in [2.05, 4.69) is 15.5 Å². The van der Waals surface area contributed by atoms with Crippen molar-refractivity contribution in [3.63, 3.8) is 0 Å². The van der Waals surface area contributed by atoms with Gasteiger partial charge in [-0.3, -0.25) is 5.10 Å². The van der Waals surface area contributed by atoms with Crippen LogP contribution in [0.3, 0.4) is 0 Å². The number of carboxylic acids is 1. The van der Waals surface area contributed by atoms with Crippen molar-refractivity contribution >= 4 is 17.7 Å². The number of nitrogens with zero attached hydrogens (tertiary/aromatic N) is 2. The van der Waals surface area contributed by atoms with Crippen LogP contribution in [0.25, 0.3) is 0 Å². The second kappa shape index (κ2) is 6.71. The number of amides is 2. The number of benzene rings is 1. The van der Waals surface area contributed by atoms with E-state index in [9.17, 15) is 9.59 Å². The van der Waals surface area contributed by atoms with Gasteiger partial charge in [-0.1, -0.05) is 0 Å². The fraction of sp³-hybridized carbons (Fsp3) is 0.312. The Morgan fingerprint density at radius 1 is 1.28 bits per heavy atom. The number of aromatic nitrogens is 2. The third-order valence-corrected chi connectivity index (χ3v) is 4.06. The zero-order valence-corrected chi connectivity index (χ0v) is 13.8. The Hall–Kier alpha value is -3.23. The molecule has 1 aliphatic heterocycles. The summed E-state index contributed by atoms with van der Waals surface area (Å²) < 4.78 is 10.4. The third kappa shape index (κ3) is 3.21. The highest BCUT2D eigenvalue weighted by Crippen LogP contribution is 2.30. The quantitative estimate of drug-likeness (QED) is 0.776. The first-order valence-electron chi connectivity index (χ1n) is 7.61. The minimum absolute atomic E-state index is 0.0429. The lowest BCUT2D eigenvalue weighted by atomic mass is 10.1. The normalized spacial score (nSPS) is 13.1. The first-order valence-corrected chi connectivity index (χ1v) is 7.61. The lowest BCUT2D eigenvalue weighted by molar-refractivity contribution is 0.0688. The highest BCUT2D eigenvalue weighted by molar-refractivity contribution is 5.91. The van der Waals surface area contributed by atoms with Gasteiger partial charge in [0.2, 0.25) is 0 Å². The summed E-state index contributed by atoms with van der Waals surface area (Å²) in [6.07, 6.45) is 0.523. The second-order valence-corrected chi connectivity index (χ2v) is 5.51. The Labute approximate surface area is 143 Å². The van der Waals surface area contributed by atoms with E-state index in [4.69, 9.17) is 14.6 Å². The van der Waals surface area contributed by atoms with Crippen LogP contribution in [-0.2, 0) is 13.0 Å². The van der Waals surface area contributed by atoms with Gasteiger partial charge in [-0.05, 0) is 12.1 Å². The SMILES string of the molecule is COc1ccc(NC(=O)N2CCc3[nH]nc(C(=O)O)c3C2)cc1OC. The lowest BCUT2D eigenvalue weighted by Crippen LogP contribution is -2.39. The summed E-state index contributed by atoms with van der Waals surface area (Å²) in [4.78, 5) is 25.2. The number of rotatable bonds is 4. The van der Waals surface area contributed by atoms with Crippen molar-refractivity contribution in [1.29, 1.82) is 0 Å². The molecule has 0 atom stereocenters. The fourth-order valence-electron chi connectivity index (χ4n) is 2.76. The molecule has 25 heavy (non-hydrogen) atoms. The molecule has 3 N–H and O–H groups in total. The smallest absolute Gasteiger partial charge is 0.356 e. The molecule has 0 aliphatic carbocycles. The number of hydrogen-bond donors (Lipinski definition) is 3. The van der Waals surface area contributed by atoms with Gasteiger partial charge in [0.05, 0.1) is 20.8 Å². The van der Waals surface area contributed by atoms with E-state index >= 15 is 0 Å². The van der Waals surface area contributed by atoms with E-state index in [1.165, 1.54) is 14.2 Å². The van der Waals surface area contributed by atoms with Gasteiger partial charge >= 0.3 is 12.0 Å². The molecule has 0 radical (unpaired) electrons. The van der Waals surface area contributed by atoms with E-state index in [-0.39, 0.29) is 18.3 Å². The van der Waals surface area contributed by atoms with Gasteiger partial charge < -0.3 is 24.8 Å². The Bertz CT molecular complexity index is 817. The number of anilines is 1. The monoisotopic (exact) mass is 346 g/mol. The average Bonchev–Trinajstić information content (AvgIpc) is 3.04.